The maximum atomic E-state index is 12.5. The van der Waals surface area contributed by atoms with Crippen LogP contribution in [-0.2, 0) is 20.8 Å². The summed E-state index contributed by atoms with van der Waals surface area (Å²) in [6.07, 6.45) is -0.0504. The molecule has 5 rings (SSSR count). The Bertz CT molecular complexity index is 1300. The fraction of sp³-hybridized carbons (Fsp3) is 0.321. The number of aromatic nitrogens is 1. The third-order valence-corrected chi connectivity index (χ3v) is 6.23. The molecule has 10 heteroatoms. The van der Waals surface area contributed by atoms with Gasteiger partial charge in [-0.2, -0.15) is 0 Å². The molecular weight excluding hydrogens is 488 g/mol. The fourth-order valence-corrected chi connectivity index (χ4v) is 4.33. The van der Waals surface area contributed by atoms with Crippen molar-refractivity contribution in [2.75, 3.05) is 50.2 Å². The average Bonchev–Trinajstić information content (AvgIpc) is 3.31. The van der Waals surface area contributed by atoms with Crippen molar-refractivity contribution in [1.82, 2.24) is 10.3 Å². The Labute approximate surface area is 220 Å². The lowest BCUT2D eigenvalue weighted by Crippen LogP contribution is -2.29. The lowest BCUT2D eigenvalue weighted by molar-refractivity contribution is -0.118. The predicted molar refractivity (Wildman–Crippen MR) is 142 cm³/mol. The molecule has 0 spiro atoms. The smallest absolute Gasteiger partial charge is 0.415 e. The highest BCUT2D eigenvalue weighted by molar-refractivity contribution is 5.95. The van der Waals surface area contributed by atoms with Crippen LogP contribution in [0.1, 0.15) is 12.0 Å². The zero-order valence-corrected chi connectivity index (χ0v) is 21.1. The summed E-state index contributed by atoms with van der Waals surface area (Å²) in [5.74, 6) is 1.74. The van der Waals surface area contributed by atoms with Gasteiger partial charge in [0, 0.05) is 13.7 Å². The zero-order chi connectivity index (χ0) is 26.3. The minimum atomic E-state index is -0.452. The van der Waals surface area contributed by atoms with E-state index < -0.39 is 6.09 Å². The van der Waals surface area contributed by atoms with E-state index in [0.717, 1.165) is 22.4 Å². The van der Waals surface area contributed by atoms with Crippen molar-refractivity contribution in [2.24, 2.45) is 0 Å². The lowest BCUT2D eigenvalue weighted by atomic mass is 10.0. The molecule has 1 fully saturated rings. The van der Waals surface area contributed by atoms with Gasteiger partial charge < -0.3 is 29.6 Å². The summed E-state index contributed by atoms with van der Waals surface area (Å²) in [4.78, 5) is 29.9. The number of cyclic esters (lactones) is 1. The van der Waals surface area contributed by atoms with E-state index in [9.17, 15) is 9.59 Å². The summed E-state index contributed by atoms with van der Waals surface area (Å²) >= 11 is 0. The van der Waals surface area contributed by atoms with Gasteiger partial charge in [-0.1, -0.05) is 30.3 Å². The number of pyridine rings is 1. The van der Waals surface area contributed by atoms with Gasteiger partial charge in [-0.15, -0.1) is 0 Å². The van der Waals surface area contributed by atoms with Gasteiger partial charge in [0.05, 0.1) is 13.2 Å². The van der Waals surface area contributed by atoms with E-state index in [2.05, 4.69) is 39.9 Å². The molecule has 1 aromatic heterocycles. The third-order valence-electron chi connectivity index (χ3n) is 6.23. The Kier molecular flexibility index (Phi) is 8.01. The summed E-state index contributed by atoms with van der Waals surface area (Å²) in [5, 5.41) is 6.10. The molecule has 2 aliphatic rings. The van der Waals surface area contributed by atoms with Gasteiger partial charge in [0.25, 0.3) is 5.91 Å². The van der Waals surface area contributed by atoms with Crippen molar-refractivity contribution in [3.05, 3.63) is 66.2 Å². The monoisotopic (exact) mass is 518 g/mol. The van der Waals surface area contributed by atoms with Gasteiger partial charge in [-0.25, -0.2) is 9.78 Å². The summed E-state index contributed by atoms with van der Waals surface area (Å²) in [5.41, 5.74) is 3.35. The van der Waals surface area contributed by atoms with Crippen molar-refractivity contribution < 1.29 is 28.5 Å². The minimum Gasteiger partial charge on any atom is -0.491 e. The molecule has 1 atom stereocenters. The van der Waals surface area contributed by atoms with E-state index in [1.807, 2.05) is 24.3 Å². The first kappa shape index (κ1) is 25.5. The highest BCUT2D eigenvalue weighted by Crippen LogP contribution is 2.30. The predicted octanol–water partition coefficient (Wildman–Crippen LogP) is 3.61. The van der Waals surface area contributed by atoms with Crippen LogP contribution in [0, 0.1) is 0 Å². The third kappa shape index (κ3) is 6.21. The molecule has 2 aromatic carbocycles. The molecule has 1 saturated heterocycles. The second kappa shape index (κ2) is 11.9. The highest BCUT2D eigenvalue weighted by Gasteiger charge is 2.33. The number of nitrogens with one attached hydrogen (secondary N) is 2. The summed E-state index contributed by atoms with van der Waals surface area (Å²) < 4.78 is 21.7. The van der Waals surface area contributed by atoms with Crippen molar-refractivity contribution in [1.29, 1.82) is 0 Å². The van der Waals surface area contributed by atoms with Gasteiger partial charge in [0.15, 0.2) is 18.2 Å². The van der Waals surface area contributed by atoms with Crippen molar-refractivity contribution in [2.45, 2.75) is 19.1 Å². The molecule has 38 heavy (non-hydrogen) atoms. The van der Waals surface area contributed by atoms with Crippen LogP contribution < -0.4 is 25.0 Å². The lowest BCUT2D eigenvalue weighted by Gasteiger charge is -2.19. The van der Waals surface area contributed by atoms with E-state index in [-0.39, 0.29) is 18.6 Å². The standard InChI is InChI=1S/C28H30N4O6/c1-35-12-13-36-22-7-3-6-21(15-22)20-5-2-4-19(14-20)16-29-11-10-23-17-32(28(34)38-23)25-9-8-24-27(30-25)31-26(33)18-37-24/h2-9,14-15,23,29H,10-13,16-18H2,1H3,(H,30,31,33). The van der Waals surface area contributed by atoms with E-state index >= 15 is 0 Å². The van der Waals surface area contributed by atoms with Gasteiger partial charge in [-0.3, -0.25) is 9.69 Å². The minimum absolute atomic E-state index is 0.0450. The Morgan fingerprint density at radius 3 is 2.79 bits per heavy atom. The van der Waals surface area contributed by atoms with Crippen molar-refractivity contribution in [3.8, 4) is 22.6 Å². The number of ether oxygens (including phenoxy) is 4. The number of hydrogen-bond acceptors (Lipinski definition) is 8. The van der Waals surface area contributed by atoms with Crippen molar-refractivity contribution in [3.63, 3.8) is 0 Å². The van der Waals surface area contributed by atoms with Crippen LogP contribution in [0.25, 0.3) is 11.1 Å². The highest BCUT2D eigenvalue weighted by atomic mass is 16.6. The molecule has 3 aromatic rings. The Hall–Kier alpha value is -4.15. The number of nitrogens with zero attached hydrogens (tertiary/aromatic N) is 2. The van der Waals surface area contributed by atoms with E-state index in [1.165, 1.54) is 4.90 Å². The van der Waals surface area contributed by atoms with Crippen LogP contribution in [0.2, 0.25) is 0 Å². The summed E-state index contributed by atoms with van der Waals surface area (Å²) in [7, 11) is 1.65. The number of fused-ring (bicyclic) bond motifs is 1. The zero-order valence-electron chi connectivity index (χ0n) is 21.1. The van der Waals surface area contributed by atoms with E-state index in [1.54, 1.807) is 19.2 Å². The fourth-order valence-electron chi connectivity index (χ4n) is 4.33. The van der Waals surface area contributed by atoms with Crippen LogP contribution in [0.5, 0.6) is 11.5 Å². The first-order valence-electron chi connectivity index (χ1n) is 12.5. The maximum absolute atomic E-state index is 12.5. The average molecular weight is 519 g/mol. The van der Waals surface area contributed by atoms with Gasteiger partial charge >= 0.3 is 6.09 Å². The molecule has 3 heterocycles. The quantitative estimate of drug-likeness (QED) is 0.371. The Balaban J connectivity index is 1.11. The molecule has 2 N–H and O–H groups in total. The molecule has 0 saturated carbocycles. The molecule has 2 aliphatic heterocycles. The number of anilines is 2. The number of hydrogen-bond donors (Lipinski definition) is 2. The second-order valence-electron chi connectivity index (χ2n) is 9.00. The van der Waals surface area contributed by atoms with Crippen LogP contribution in [0.3, 0.4) is 0 Å². The Morgan fingerprint density at radius 2 is 1.92 bits per heavy atom. The number of methoxy groups -OCH3 is 1. The van der Waals surface area contributed by atoms with Gasteiger partial charge in [0.2, 0.25) is 0 Å². The normalized spacial score (nSPS) is 16.4. The molecule has 0 radical (unpaired) electrons. The molecule has 2 amide bonds. The molecule has 10 nitrogen and oxygen atoms in total. The van der Waals surface area contributed by atoms with Crippen LogP contribution in [-0.4, -0.2) is 63.1 Å². The second-order valence-corrected chi connectivity index (χ2v) is 9.00. The topological polar surface area (TPSA) is 111 Å². The number of amides is 2. The molecular formula is C28H30N4O6. The van der Waals surface area contributed by atoms with E-state index in [0.29, 0.717) is 56.7 Å². The summed E-state index contributed by atoms with van der Waals surface area (Å²) in [6.45, 7) is 2.77. The SMILES string of the molecule is COCCOc1cccc(-c2cccc(CNCCC3CN(c4ccc5c(n4)NC(=O)CO5)C(=O)O3)c2)c1. The first-order chi connectivity index (χ1) is 18.6. The largest absolute Gasteiger partial charge is 0.491 e. The van der Waals surface area contributed by atoms with Crippen LogP contribution >= 0.6 is 0 Å². The van der Waals surface area contributed by atoms with E-state index in [4.69, 9.17) is 18.9 Å². The number of rotatable bonds is 11. The van der Waals surface area contributed by atoms with Crippen molar-refractivity contribution >= 4 is 23.6 Å². The van der Waals surface area contributed by atoms with Crippen LogP contribution in [0.4, 0.5) is 16.4 Å². The Morgan fingerprint density at radius 1 is 1.08 bits per heavy atom. The van der Waals surface area contributed by atoms with Gasteiger partial charge in [0.1, 0.15) is 24.3 Å². The molecule has 0 bridgehead atoms. The first-order valence-corrected chi connectivity index (χ1v) is 12.5. The number of benzene rings is 2. The summed E-state index contributed by atoms with van der Waals surface area (Å²) in [6, 6.07) is 19.8. The molecule has 1 unspecified atom stereocenters. The maximum Gasteiger partial charge on any atom is 0.415 e. The number of carbonyl (C=O) groups is 2. The van der Waals surface area contributed by atoms with Gasteiger partial charge in [-0.05, 0) is 60.0 Å². The van der Waals surface area contributed by atoms with Crippen LogP contribution in [0.15, 0.2) is 60.7 Å². The molecule has 0 aliphatic carbocycles. The molecule has 198 valence electrons. The number of carbonyl (C=O) groups excluding carboxylic acids is 2.